The van der Waals surface area contributed by atoms with Crippen molar-refractivity contribution in [3.63, 3.8) is 0 Å². The second kappa shape index (κ2) is 5.12. The number of phenols is 1. The van der Waals surface area contributed by atoms with Crippen LogP contribution in [-0.2, 0) is 10.0 Å². The Labute approximate surface area is 121 Å². The Hall–Kier alpha value is -1.51. The summed E-state index contributed by atoms with van der Waals surface area (Å²) in [6.45, 7) is 1.99. The third-order valence-corrected chi connectivity index (χ3v) is 4.45. The first-order chi connectivity index (χ1) is 9.20. The zero-order chi connectivity index (χ0) is 15.1. The lowest BCUT2D eigenvalue weighted by atomic mass is 10.3. The van der Waals surface area contributed by atoms with Crippen LogP contribution < -0.4 is 15.8 Å². The minimum atomic E-state index is -4.20. The Morgan fingerprint density at radius 1 is 1.50 bits per heavy atom. The second-order valence-corrected chi connectivity index (χ2v) is 6.64. The van der Waals surface area contributed by atoms with E-state index < -0.39 is 26.7 Å². The normalized spacial score (nSPS) is 21.4. The standard InChI is InChI=1S/C11H14ClN3O4S/c1-5-4-8(5)15-11(17)14-7-3-2-6(12)10(9(7)16)20(13,18)19/h2-3,5,8,16H,4H2,1H3,(H2,13,18,19)(H2,14,15,17). The molecule has 2 amide bonds. The summed E-state index contributed by atoms with van der Waals surface area (Å²) < 4.78 is 22.7. The van der Waals surface area contributed by atoms with Gasteiger partial charge >= 0.3 is 6.03 Å². The van der Waals surface area contributed by atoms with Crippen molar-refractivity contribution in [2.45, 2.75) is 24.3 Å². The number of amides is 2. The van der Waals surface area contributed by atoms with Crippen LogP contribution in [0.25, 0.3) is 0 Å². The number of phenolic OH excluding ortho intramolecular Hbond substituents is 1. The molecule has 0 aliphatic heterocycles. The minimum Gasteiger partial charge on any atom is -0.504 e. The molecule has 0 bridgehead atoms. The van der Waals surface area contributed by atoms with Gasteiger partial charge in [-0.25, -0.2) is 18.4 Å². The SMILES string of the molecule is CC1CC1NC(=O)Nc1ccc(Cl)c(S(N)(=O)=O)c1O. The first-order valence-corrected chi connectivity index (χ1v) is 7.74. The maximum Gasteiger partial charge on any atom is 0.319 e. The zero-order valence-corrected chi connectivity index (χ0v) is 12.1. The molecule has 0 spiro atoms. The van der Waals surface area contributed by atoms with E-state index in [9.17, 15) is 18.3 Å². The highest BCUT2D eigenvalue weighted by molar-refractivity contribution is 7.89. The number of carbonyl (C=O) groups is 1. The van der Waals surface area contributed by atoms with Crippen molar-refractivity contribution in [2.75, 3.05) is 5.32 Å². The van der Waals surface area contributed by atoms with Crippen molar-refractivity contribution in [2.24, 2.45) is 11.1 Å². The van der Waals surface area contributed by atoms with E-state index in [-0.39, 0.29) is 16.8 Å². The van der Waals surface area contributed by atoms with E-state index in [0.29, 0.717) is 5.92 Å². The molecule has 1 aliphatic carbocycles. The molecule has 0 saturated heterocycles. The van der Waals surface area contributed by atoms with Gasteiger partial charge < -0.3 is 15.7 Å². The number of rotatable bonds is 3. The average molecular weight is 320 g/mol. The predicted molar refractivity (Wildman–Crippen MR) is 74.2 cm³/mol. The lowest BCUT2D eigenvalue weighted by Gasteiger charge is -2.12. The average Bonchev–Trinajstić information content (AvgIpc) is 2.96. The second-order valence-electron chi connectivity index (χ2n) is 4.74. The molecule has 9 heteroatoms. The van der Waals surface area contributed by atoms with Crippen molar-refractivity contribution >= 4 is 33.3 Å². The predicted octanol–water partition coefficient (Wildman–Crippen LogP) is 1.22. The Morgan fingerprint density at radius 2 is 2.10 bits per heavy atom. The number of halogens is 1. The number of benzene rings is 1. The topological polar surface area (TPSA) is 122 Å². The van der Waals surface area contributed by atoms with Gasteiger partial charge in [0.15, 0.2) is 5.75 Å². The molecule has 1 saturated carbocycles. The van der Waals surface area contributed by atoms with Gasteiger partial charge in [-0.3, -0.25) is 0 Å². The summed E-state index contributed by atoms with van der Waals surface area (Å²) in [5.41, 5.74) is -0.0794. The summed E-state index contributed by atoms with van der Waals surface area (Å²) in [6.07, 6.45) is 0.891. The maximum atomic E-state index is 11.7. The van der Waals surface area contributed by atoms with Crippen molar-refractivity contribution in [1.82, 2.24) is 5.32 Å². The zero-order valence-electron chi connectivity index (χ0n) is 10.6. The third kappa shape index (κ3) is 3.14. The van der Waals surface area contributed by atoms with Crippen LogP contribution in [0.5, 0.6) is 5.75 Å². The fraction of sp³-hybridized carbons (Fsp3) is 0.364. The third-order valence-electron chi connectivity index (χ3n) is 3.04. The highest BCUT2D eigenvalue weighted by Gasteiger charge is 2.34. The number of nitrogens with two attached hydrogens (primary N) is 1. The van der Waals surface area contributed by atoms with Crippen LogP contribution in [0.3, 0.4) is 0 Å². The summed E-state index contributed by atoms with van der Waals surface area (Å²) in [5, 5.41) is 19.7. The largest absolute Gasteiger partial charge is 0.504 e. The molecule has 0 heterocycles. The van der Waals surface area contributed by atoms with Crippen molar-refractivity contribution < 1.29 is 18.3 Å². The summed E-state index contributed by atoms with van der Waals surface area (Å²) >= 11 is 5.69. The molecule has 1 fully saturated rings. The number of aromatic hydroxyl groups is 1. The number of sulfonamides is 1. The molecule has 20 heavy (non-hydrogen) atoms. The monoisotopic (exact) mass is 319 g/mol. The van der Waals surface area contributed by atoms with Gasteiger partial charge in [-0.2, -0.15) is 0 Å². The molecule has 2 unspecified atom stereocenters. The van der Waals surface area contributed by atoms with Crippen molar-refractivity contribution in [1.29, 1.82) is 0 Å². The smallest absolute Gasteiger partial charge is 0.319 e. The van der Waals surface area contributed by atoms with E-state index in [1.807, 2.05) is 6.92 Å². The fourth-order valence-electron chi connectivity index (χ4n) is 1.77. The fourth-order valence-corrected chi connectivity index (χ4v) is 2.96. The maximum absolute atomic E-state index is 11.7. The molecule has 7 nitrogen and oxygen atoms in total. The van der Waals surface area contributed by atoms with E-state index in [4.69, 9.17) is 16.7 Å². The van der Waals surface area contributed by atoms with Crippen LogP contribution in [0.4, 0.5) is 10.5 Å². The van der Waals surface area contributed by atoms with Gasteiger partial charge in [0.1, 0.15) is 4.90 Å². The molecule has 2 rings (SSSR count). The lowest BCUT2D eigenvalue weighted by Crippen LogP contribution is -2.31. The number of primary sulfonamides is 1. The molecule has 0 aromatic heterocycles. The van der Waals surface area contributed by atoms with Gasteiger partial charge in [0.25, 0.3) is 0 Å². The van der Waals surface area contributed by atoms with Crippen LogP contribution >= 0.6 is 11.6 Å². The molecule has 1 aromatic rings. The van der Waals surface area contributed by atoms with Crippen molar-refractivity contribution in [3.8, 4) is 5.75 Å². The number of nitrogens with one attached hydrogen (secondary N) is 2. The summed E-state index contributed by atoms with van der Waals surface area (Å²) in [7, 11) is -4.20. The molecule has 110 valence electrons. The highest BCUT2D eigenvalue weighted by atomic mass is 35.5. The number of urea groups is 1. The molecule has 1 aliphatic rings. The van der Waals surface area contributed by atoms with Gasteiger partial charge in [0.05, 0.1) is 10.7 Å². The van der Waals surface area contributed by atoms with Crippen LogP contribution in [0.15, 0.2) is 17.0 Å². The molecular weight excluding hydrogens is 306 g/mol. The molecular formula is C11H14ClN3O4S. The molecule has 2 atom stereocenters. The number of carbonyl (C=O) groups excluding carboxylic acids is 1. The van der Waals surface area contributed by atoms with Gasteiger partial charge in [0, 0.05) is 6.04 Å². The first-order valence-electron chi connectivity index (χ1n) is 5.82. The van der Waals surface area contributed by atoms with Crippen molar-refractivity contribution in [3.05, 3.63) is 17.2 Å². The minimum absolute atomic E-state index is 0.0794. The first kappa shape index (κ1) is 14.9. The Morgan fingerprint density at radius 3 is 2.60 bits per heavy atom. The van der Waals surface area contributed by atoms with Gasteiger partial charge in [0.2, 0.25) is 10.0 Å². The number of hydrogen-bond donors (Lipinski definition) is 4. The van der Waals surface area contributed by atoms with E-state index in [1.54, 1.807) is 0 Å². The Bertz CT molecular complexity index is 662. The summed E-state index contributed by atoms with van der Waals surface area (Å²) in [5.74, 6) is -0.265. The van der Waals surface area contributed by atoms with Crippen LogP contribution in [0.1, 0.15) is 13.3 Å². The Kier molecular flexibility index (Phi) is 3.81. The molecule has 0 radical (unpaired) electrons. The molecule has 1 aromatic carbocycles. The van der Waals surface area contributed by atoms with Crippen LogP contribution in [-0.4, -0.2) is 25.6 Å². The highest BCUT2D eigenvalue weighted by Crippen LogP contribution is 2.36. The summed E-state index contributed by atoms with van der Waals surface area (Å²) in [6, 6.07) is 2.10. The number of anilines is 1. The number of hydrogen-bond acceptors (Lipinski definition) is 4. The van der Waals surface area contributed by atoms with Gasteiger partial charge in [-0.1, -0.05) is 18.5 Å². The lowest BCUT2D eigenvalue weighted by molar-refractivity contribution is 0.251. The summed E-state index contributed by atoms with van der Waals surface area (Å²) in [4.78, 5) is 11.0. The quantitative estimate of drug-likeness (QED) is 0.626. The Balaban J connectivity index is 2.23. The van der Waals surface area contributed by atoms with Crippen LogP contribution in [0.2, 0.25) is 5.02 Å². The van der Waals surface area contributed by atoms with E-state index in [0.717, 1.165) is 6.42 Å². The van der Waals surface area contributed by atoms with E-state index in [1.165, 1.54) is 12.1 Å². The van der Waals surface area contributed by atoms with E-state index >= 15 is 0 Å². The van der Waals surface area contributed by atoms with Crippen LogP contribution in [0, 0.1) is 5.92 Å². The molecule has 5 N–H and O–H groups in total. The van der Waals surface area contributed by atoms with Gasteiger partial charge in [-0.15, -0.1) is 0 Å². The van der Waals surface area contributed by atoms with E-state index in [2.05, 4.69) is 10.6 Å². The van der Waals surface area contributed by atoms with Gasteiger partial charge in [-0.05, 0) is 24.5 Å².